The predicted molar refractivity (Wildman–Crippen MR) is 79.0 cm³/mol. The SMILES string of the molecule is COCCNCc1cn(C2CCOC3(CCCC3)C2)nn1. The summed E-state index contributed by atoms with van der Waals surface area (Å²) < 4.78 is 13.2. The third kappa shape index (κ3) is 3.62. The molecule has 3 rings (SSSR count). The van der Waals surface area contributed by atoms with E-state index in [4.69, 9.17) is 9.47 Å². The van der Waals surface area contributed by atoms with Crippen LogP contribution in [0.3, 0.4) is 0 Å². The number of nitrogens with one attached hydrogen (secondary N) is 1. The van der Waals surface area contributed by atoms with E-state index in [1.54, 1.807) is 7.11 Å². The van der Waals surface area contributed by atoms with Crippen molar-refractivity contribution in [2.75, 3.05) is 26.9 Å². The van der Waals surface area contributed by atoms with Gasteiger partial charge in [0.2, 0.25) is 0 Å². The Morgan fingerprint density at radius 1 is 1.48 bits per heavy atom. The molecule has 1 aliphatic carbocycles. The Morgan fingerprint density at radius 3 is 3.14 bits per heavy atom. The van der Waals surface area contributed by atoms with Crippen LogP contribution in [-0.4, -0.2) is 47.5 Å². The second kappa shape index (κ2) is 6.85. The molecule has 6 nitrogen and oxygen atoms in total. The van der Waals surface area contributed by atoms with Crippen molar-refractivity contribution in [3.63, 3.8) is 0 Å². The van der Waals surface area contributed by atoms with Gasteiger partial charge in [-0.05, 0) is 25.7 Å². The van der Waals surface area contributed by atoms with E-state index < -0.39 is 0 Å². The number of hydrogen-bond acceptors (Lipinski definition) is 5. The fourth-order valence-corrected chi connectivity index (χ4v) is 3.56. The van der Waals surface area contributed by atoms with Gasteiger partial charge in [-0.15, -0.1) is 5.10 Å². The number of methoxy groups -OCH3 is 1. The zero-order chi connectivity index (χ0) is 14.5. The van der Waals surface area contributed by atoms with Gasteiger partial charge in [0.05, 0.1) is 30.1 Å². The molecule has 2 fully saturated rings. The highest BCUT2D eigenvalue weighted by Gasteiger charge is 2.40. The molecule has 21 heavy (non-hydrogen) atoms. The summed E-state index contributed by atoms with van der Waals surface area (Å²) in [6, 6.07) is 0.442. The fraction of sp³-hybridized carbons (Fsp3) is 0.867. The predicted octanol–water partition coefficient (Wildman–Crippen LogP) is 1.68. The van der Waals surface area contributed by atoms with Gasteiger partial charge in [-0.2, -0.15) is 0 Å². The van der Waals surface area contributed by atoms with Gasteiger partial charge in [0.1, 0.15) is 0 Å². The van der Waals surface area contributed by atoms with Gasteiger partial charge in [-0.1, -0.05) is 18.1 Å². The van der Waals surface area contributed by atoms with Crippen LogP contribution in [0.1, 0.15) is 50.3 Å². The molecule has 0 bridgehead atoms. The number of nitrogens with zero attached hydrogens (tertiary/aromatic N) is 3. The molecule has 0 radical (unpaired) electrons. The maximum absolute atomic E-state index is 6.09. The average molecular weight is 294 g/mol. The fourth-order valence-electron chi connectivity index (χ4n) is 3.56. The minimum Gasteiger partial charge on any atom is -0.383 e. The lowest BCUT2D eigenvalue weighted by Crippen LogP contribution is -2.38. The van der Waals surface area contributed by atoms with Crippen LogP contribution in [0.25, 0.3) is 0 Å². The molecular weight excluding hydrogens is 268 g/mol. The van der Waals surface area contributed by atoms with Gasteiger partial charge < -0.3 is 14.8 Å². The maximum Gasteiger partial charge on any atom is 0.0964 e. The number of rotatable bonds is 6. The van der Waals surface area contributed by atoms with Crippen LogP contribution in [0.15, 0.2) is 6.20 Å². The van der Waals surface area contributed by atoms with Crippen molar-refractivity contribution in [2.24, 2.45) is 0 Å². The summed E-state index contributed by atoms with van der Waals surface area (Å²) in [4.78, 5) is 0. The molecule has 0 aromatic carbocycles. The summed E-state index contributed by atoms with van der Waals surface area (Å²) in [7, 11) is 1.71. The van der Waals surface area contributed by atoms with Gasteiger partial charge in [0.25, 0.3) is 0 Å². The van der Waals surface area contributed by atoms with Gasteiger partial charge >= 0.3 is 0 Å². The minimum absolute atomic E-state index is 0.131. The van der Waals surface area contributed by atoms with E-state index in [2.05, 4.69) is 26.5 Å². The molecule has 1 saturated heterocycles. The molecule has 2 aliphatic rings. The summed E-state index contributed by atoms with van der Waals surface area (Å²) in [5.41, 5.74) is 1.13. The molecule has 6 heteroatoms. The van der Waals surface area contributed by atoms with Crippen LogP contribution >= 0.6 is 0 Å². The highest BCUT2D eigenvalue weighted by Crippen LogP contribution is 2.43. The molecule has 2 heterocycles. The first-order valence-corrected chi connectivity index (χ1v) is 8.06. The topological polar surface area (TPSA) is 61.2 Å². The van der Waals surface area contributed by atoms with Crippen molar-refractivity contribution < 1.29 is 9.47 Å². The van der Waals surface area contributed by atoms with E-state index in [0.29, 0.717) is 6.04 Å². The van der Waals surface area contributed by atoms with Crippen LogP contribution < -0.4 is 5.32 Å². The zero-order valence-corrected chi connectivity index (χ0v) is 12.9. The molecular formula is C15H26N4O2. The van der Waals surface area contributed by atoms with Gasteiger partial charge in [-0.3, -0.25) is 0 Å². The third-order valence-electron chi connectivity index (χ3n) is 4.70. The number of hydrogen-bond donors (Lipinski definition) is 1. The summed E-state index contributed by atoms with van der Waals surface area (Å²) in [5, 5.41) is 11.9. The Labute approximate surface area is 126 Å². The highest BCUT2D eigenvalue weighted by atomic mass is 16.5. The Balaban J connectivity index is 1.55. The van der Waals surface area contributed by atoms with Crippen molar-refractivity contribution >= 4 is 0 Å². The normalized spacial score (nSPS) is 24.7. The first-order chi connectivity index (χ1) is 10.3. The first kappa shape index (κ1) is 14.9. The van der Waals surface area contributed by atoms with E-state index in [9.17, 15) is 0 Å². The Kier molecular flexibility index (Phi) is 4.87. The van der Waals surface area contributed by atoms with Crippen LogP contribution in [0.5, 0.6) is 0 Å². The Bertz CT molecular complexity index is 443. The van der Waals surface area contributed by atoms with E-state index in [1.165, 1.54) is 25.7 Å². The van der Waals surface area contributed by atoms with Crippen molar-refractivity contribution in [1.29, 1.82) is 0 Å². The molecule has 1 atom stereocenters. The second-order valence-corrected chi connectivity index (χ2v) is 6.24. The van der Waals surface area contributed by atoms with Crippen molar-refractivity contribution in [2.45, 2.75) is 56.7 Å². The summed E-state index contributed by atoms with van der Waals surface area (Å²) in [6.07, 6.45) is 9.25. The largest absolute Gasteiger partial charge is 0.383 e. The molecule has 118 valence electrons. The lowest BCUT2D eigenvalue weighted by atomic mass is 9.89. The van der Waals surface area contributed by atoms with Gasteiger partial charge in [-0.25, -0.2) is 4.68 Å². The van der Waals surface area contributed by atoms with E-state index in [1.807, 2.05) is 0 Å². The van der Waals surface area contributed by atoms with E-state index >= 15 is 0 Å². The third-order valence-corrected chi connectivity index (χ3v) is 4.70. The smallest absolute Gasteiger partial charge is 0.0964 e. The van der Waals surface area contributed by atoms with E-state index in [0.717, 1.165) is 44.8 Å². The summed E-state index contributed by atoms with van der Waals surface area (Å²) in [5.74, 6) is 0. The molecule has 1 aromatic rings. The van der Waals surface area contributed by atoms with Gasteiger partial charge in [0.15, 0.2) is 0 Å². The molecule has 1 aliphatic heterocycles. The van der Waals surface area contributed by atoms with E-state index in [-0.39, 0.29) is 5.60 Å². The molecule has 1 aromatic heterocycles. The standard InChI is InChI=1S/C15H26N4O2/c1-20-9-7-16-11-13-12-19(18-17-13)14-4-8-21-15(10-14)5-2-3-6-15/h12,14,16H,2-11H2,1H3. The molecule has 1 saturated carbocycles. The molecule has 1 unspecified atom stereocenters. The quantitative estimate of drug-likeness (QED) is 0.809. The van der Waals surface area contributed by atoms with Gasteiger partial charge in [0, 0.05) is 26.8 Å². The van der Waals surface area contributed by atoms with Crippen LogP contribution in [-0.2, 0) is 16.0 Å². The van der Waals surface area contributed by atoms with Crippen LogP contribution in [0, 0.1) is 0 Å². The van der Waals surface area contributed by atoms with Crippen LogP contribution in [0.2, 0.25) is 0 Å². The van der Waals surface area contributed by atoms with Crippen molar-refractivity contribution in [1.82, 2.24) is 20.3 Å². The monoisotopic (exact) mass is 294 g/mol. The molecule has 1 spiro atoms. The Morgan fingerprint density at radius 2 is 2.33 bits per heavy atom. The second-order valence-electron chi connectivity index (χ2n) is 6.24. The van der Waals surface area contributed by atoms with Crippen molar-refractivity contribution in [3.05, 3.63) is 11.9 Å². The Hall–Kier alpha value is -0.980. The van der Waals surface area contributed by atoms with Crippen molar-refractivity contribution in [3.8, 4) is 0 Å². The summed E-state index contributed by atoms with van der Waals surface area (Å²) in [6.45, 7) is 3.16. The maximum atomic E-state index is 6.09. The molecule has 0 amide bonds. The lowest BCUT2D eigenvalue weighted by molar-refractivity contribution is -0.0911. The average Bonchev–Trinajstić information content (AvgIpc) is 3.14. The number of ether oxygens (including phenoxy) is 2. The highest BCUT2D eigenvalue weighted by molar-refractivity contribution is 4.97. The lowest BCUT2D eigenvalue weighted by Gasteiger charge is -2.38. The van der Waals surface area contributed by atoms with Crippen LogP contribution in [0.4, 0.5) is 0 Å². The first-order valence-electron chi connectivity index (χ1n) is 8.06. The summed E-state index contributed by atoms with van der Waals surface area (Å²) >= 11 is 0. The number of aromatic nitrogens is 3. The minimum atomic E-state index is 0.131. The molecule has 1 N–H and O–H groups in total. The zero-order valence-electron chi connectivity index (χ0n) is 12.9.